The van der Waals surface area contributed by atoms with Gasteiger partial charge in [0.1, 0.15) is 24.7 Å². The first-order valence-corrected chi connectivity index (χ1v) is 11.4. The van der Waals surface area contributed by atoms with Gasteiger partial charge in [0, 0.05) is 23.9 Å². The maximum Gasteiger partial charge on any atom is 0.242 e. The molecule has 2 atom stereocenters. The van der Waals surface area contributed by atoms with E-state index in [2.05, 4.69) is 0 Å². The lowest BCUT2D eigenvalue weighted by molar-refractivity contribution is -0.144. The van der Waals surface area contributed by atoms with Crippen LogP contribution in [-0.4, -0.2) is 47.4 Å². The molecule has 0 saturated heterocycles. The zero-order valence-electron chi connectivity index (χ0n) is 17.8. The van der Waals surface area contributed by atoms with Crippen molar-refractivity contribution >= 4 is 23.2 Å². The van der Waals surface area contributed by atoms with Gasteiger partial charge in [-0.25, -0.2) is 4.39 Å². The molecule has 0 spiro atoms. The van der Waals surface area contributed by atoms with Crippen LogP contribution < -0.4 is 4.74 Å². The third-order valence-corrected chi connectivity index (χ3v) is 6.68. The summed E-state index contributed by atoms with van der Waals surface area (Å²) in [5.74, 6) is 0.169. The Morgan fingerprint density at radius 3 is 2.67 bits per heavy atom. The predicted molar refractivity (Wildman–Crippen MR) is 116 cm³/mol. The number of benzene rings is 1. The molecule has 0 unspecified atom stereocenters. The Hall–Kier alpha value is -2.41. The van der Waals surface area contributed by atoms with Gasteiger partial charge in [-0.15, -0.1) is 11.3 Å². The standard InChI is InChI=1S/C23H29FN2O3S/c1-4-16(3)26(22(27)5-2)14-23(28)25-12-10-21-19(11-13-30-21)20(25)15-29-18-8-6-17(24)7-9-18/h6-9,11,13,16,20H,4-5,10,12,14-15H2,1-3H3/t16-,20+/m0/s1. The van der Waals surface area contributed by atoms with Crippen LogP contribution >= 0.6 is 11.3 Å². The van der Waals surface area contributed by atoms with Crippen molar-refractivity contribution in [2.24, 2.45) is 0 Å². The fourth-order valence-corrected chi connectivity index (χ4v) is 4.66. The van der Waals surface area contributed by atoms with Gasteiger partial charge >= 0.3 is 0 Å². The number of fused-ring (bicyclic) bond motifs is 1. The van der Waals surface area contributed by atoms with E-state index in [1.165, 1.54) is 17.0 Å². The summed E-state index contributed by atoms with van der Waals surface area (Å²) in [6.07, 6.45) is 1.98. The fourth-order valence-electron chi connectivity index (χ4n) is 3.73. The maximum atomic E-state index is 13.3. The third kappa shape index (κ3) is 5.01. The van der Waals surface area contributed by atoms with Crippen molar-refractivity contribution in [2.75, 3.05) is 19.7 Å². The zero-order valence-corrected chi connectivity index (χ0v) is 18.6. The van der Waals surface area contributed by atoms with Gasteiger partial charge in [0.25, 0.3) is 0 Å². The van der Waals surface area contributed by atoms with Crippen molar-refractivity contribution in [3.05, 3.63) is 52.0 Å². The van der Waals surface area contributed by atoms with Gasteiger partial charge in [0.15, 0.2) is 0 Å². The molecule has 30 heavy (non-hydrogen) atoms. The average Bonchev–Trinajstić information content (AvgIpc) is 3.24. The summed E-state index contributed by atoms with van der Waals surface area (Å²) >= 11 is 1.69. The Morgan fingerprint density at radius 1 is 1.27 bits per heavy atom. The smallest absolute Gasteiger partial charge is 0.242 e. The van der Waals surface area contributed by atoms with Gasteiger partial charge in [0.05, 0.1) is 6.04 Å². The van der Waals surface area contributed by atoms with Crippen molar-refractivity contribution in [3.8, 4) is 5.75 Å². The van der Waals surface area contributed by atoms with Crippen LogP contribution in [0.3, 0.4) is 0 Å². The minimum absolute atomic E-state index is 0.00922. The SMILES string of the molecule is CCC(=O)N(CC(=O)N1CCc2sccc2[C@H]1COc1ccc(F)cc1)[C@@H](C)CC. The molecule has 1 aliphatic heterocycles. The van der Waals surface area contributed by atoms with E-state index in [9.17, 15) is 14.0 Å². The Balaban J connectivity index is 1.77. The lowest BCUT2D eigenvalue weighted by Gasteiger charge is -2.38. The number of amides is 2. The highest BCUT2D eigenvalue weighted by Crippen LogP contribution is 2.34. The fraction of sp³-hybridized carbons (Fsp3) is 0.478. The van der Waals surface area contributed by atoms with Crippen LogP contribution in [-0.2, 0) is 16.0 Å². The number of carbonyl (C=O) groups excluding carboxylic acids is 2. The molecule has 2 amide bonds. The van der Waals surface area contributed by atoms with E-state index in [1.54, 1.807) is 28.4 Å². The summed E-state index contributed by atoms with van der Waals surface area (Å²) in [4.78, 5) is 30.5. The molecule has 162 valence electrons. The Labute approximate surface area is 181 Å². The van der Waals surface area contributed by atoms with E-state index in [0.29, 0.717) is 18.7 Å². The van der Waals surface area contributed by atoms with Gasteiger partial charge in [-0.2, -0.15) is 0 Å². The Morgan fingerprint density at radius 2 is 2.00 bits per heavy atom. The van der Waals surface area contributed by atoms with Crippen LogP contribution in [0.2, 0.25) is 0 Å². The quantitative estimate of drug-likeness (QED) is 0.620. The molecule has 0 fully saturated rings. The van der Waals surface area contributed by atoms with Gasteiger partial charge in [-0.3, -0.25) is 9.59 Å². The van der Waals surface area contributed by atoms with E-state index in [4.69, 9.17) is 4.74 Å². The van der Waals surface area contributed by atoms with E-state index in [-0.39, 0.29) is 42.9 Å². The number of rotatable bonds is 8. The number of hydrogen-bond acceptors (Lipinski definition) is 4. The van der Waals surface area contributed by atoms with Crippen molar-refractivity contribution in [2.45, 2.75) is 52.1 Å². The molecule has 0 bridgehead atoms. The minimum atomic E-state index is -0.317. The highest BCUT2D eigenvalue weighted by molar-refractivity contribution is 7.10. The van der Waals surface area contributed by atoms with Crippen molar-refractivity contribution in [1.82, 2.24) is 9.80 Å². The summed E-state index contributed by atoms with van der Waals surface area (Å²) < 4.78 is 19.1. The summed E-state index contributed by atoms with van der Waals surface area (Å²) in [6, 6.07) is 7.71. The van der Waals surface area contributed by atoms with Crippen LogP contribution in [0.5, 0.6) is 5.75 Å². The number of ether oxygens (including phenoxy) is 1. The van der Waals surface area contributed by atoms with E-state index >= 15 is 0 Å². The van der Waals surface area contributed by atoms with Gasteiger partial charge in [-0.1, -0.05) is 13.8 Å². The van der Waals surface area contributed by atoms with E-state index in [0.717, 1.165) is 18.4 Å². The van der Waals surface area contributed by atoms with Crippen LogP contribution in [0.15, 0.2) is 35.7 Å². The lowest BCUT2D eigenvalue weighted by atomic mass is 10.00. The highest BCUT2D eigenvalue weighted by Gasteiger charge is 2.34. The topological polar surface area (TPSA) is 49.9 Å². The summed E-state index contributed by atoms with van der Waals surface area (Å²) in [7, 11) is 0. The summed E-state index contributed by atoms with van der Waals surface area (Å²) in [5, 5.41) is 2.04. The maximum absolute atomic E-state index is 13.3. The molecule has 3 rings (SSSR count). The third-order valence-electron chi connectivity index (χ3n) is 5.69. The van der Waals surface area contributed by atoms with Crippen LogP contribution in [0.1, 0.15) is 50.1 Å². The molecule has 1 aliphatic rings. The Kier molecular flexibility index (Phi) is 7.48. The predicted octanol–water partition coefficient (Wildman–Crippen LogP) is 4.43. The summed E-state index contributed by atoms with van der Waals surface area (Å²) in [5.41, 5.74) is 1.10. The Bertz CT molecular complexity index is 868. The molecule has 7 heteroatoms. The second-order valence-electron chi connectivity index (χ2n) is 7.55. The van der Waals surface area contributed by atoms with Gasteiger partial charge < -0.3 is 14.5 Å². The second-order valence-corrected chi connectivity index (χ2v) is 8.55. The molecule has 5 nitrogen and oxygen atoms in total. The molecular formula is C23H29FN2O3S. The number of halogens is 1. The van der Waals surface area contributed by atoms with Crippen LogP contribution in [0, 0.1) is 5.82 Å². The summed E-state index contributed by atoms with van der Waals surface area (Å²) in [6.45, 7) is 6.77. The molecule has 0 radical (unpaired) electrons. The highest BCUT2D eigenvalue weighted by atomic mass is 32.1. The molecule has 1 aromatic carbocycles. The van der Waals surface area contributed by atoms with Crippen LogP contribution in [0.4, 0.5) is 4.39 Å². The second kappa shape index (κ2) is 10.1. The molecule has 1 aromatic heterocycles. The lowest BCUT2D eigenvalue weighted by Crippen LogP contribution is -2.49. The van der Waals surface area contributed by atoms with Gasteiger partial charge in [-0.05, 0) is 61.0 Å². The van der Waals surface area contributed by atoms with E-state index in [1.807, 2.05) is 37.1 Å². The van der Waals surface area contributed by atoms with Crippen molar-refractivity contribution in [3.63, 3.8) is 0 Å². The zero-order chi connectivity index (χ0) is 21.7. The molecule has 0 saturated carbocycles. The minimum Gasteiger partial charge on any atom is -0.491 e. The van der Waals surface area contributed by atoms with Crippen molar-refractivity contribution in [1.29, 1.82) is 0 Å². The molecule has 0 N–H and O–H groups in total. The average molecular weight is 433 g/mol. The van der Waals surface area contributed by atoms with Gasteiger partial charge in [0.2, 0.25) is 11.8 Å². The number of hydrogen-bond donors (Lipinski definition) is 0. The molecule has 2 heterocycles. The van der Waals surface area contributed by atoms with Crippen molar-refractivity contribution < 1.29 is 18.7 Å². The monoisotopic (exact) mass is 432 g/mol. The number of nitrogens with zero attached hydrogens (tertiary/aromatic N) is 2. The first kappa shape index (κ1) is 22.3. The van der Waals surface area contributed by atoms with E-state index < -0.39 is 0 Å². The first-order chi connectivity index (χ1) is 14.4. The number of carbonyl (C=O) groups is 2. The largest absolute Gasteiger partial charge is 0.491 e. The van der Waals surface area contributed by atoms with Crippen LogP contribution in [0.25, 0.3) is 0 Å². The normalized spacial score (nSPS) is 16.7. The molecular weight excluding hydrogens is 403 g/mol. The molecule has 2 aromatic rings. The molecule has 0 aliphatic carbocycles. The first-order valence-electron chi connectivity index (χ1n) is 10.5. The number of thiophene rings is 1.